The molecule has 2 N–H and O–H groups in total. The Labute approximate surface area is 54.6 Å². The highest BCUT2D eigenvalue weighted by atomic mass is 32.2. The van der Waals surface area contributed by atoms with Crippen LogP contribution in [0.3, 0.4) is 0 Å². The minimum atomic E-state index is 0.172. The zero-order chi connectivity index (χ0) is 6.41. The molecule has 0 radical (unpaired) electrons. The summed E-state index contributed by atoms with van der Waals surface area (Å²) in [5.41, 5.74) is 7.20. The first kappa shape index (κ1) is 7.98. The Bertz CT molecular complexity index is 70.8. The van der Waals surface area contributed by atoms with Crippen LogP contribution in [-0.4, -0.2) is 17.5 Å². The summed E-state index contributed by atoms with van der Waals surface area (Å²) in [6.07, 6.45) is 0. The van der Waals surface area contributed by atoms with Gasteiger partial charge in [-0.15, -0.1) is 0 Å². The van der Waals surface area contributed by atoms with Crippen LogP contribution in [0.15, 0.2) is 4.99 Å². The molecule has 0 spiro atoms. The van der Waals surface area contributed by atoms with Crippen LogP contribution in [0.1, 0.15) is 13.8 Å². The molecule has 0 saturated carbocycles. The van der Waals surface area contributed by atoms with Gasteiger partial charge in [0, 0.05) is 6.54 Å². The number of rotatable bonds is 3. The van der Waals surface area contributed by atoms with Gasteiger partial charge in [0.1, 0.15) is 0 Å². The minimum Gasteiger partial charge on any atom is -0.319 e. The fourth-order valence-electron chi connectivity index (χ4n) is 0.214. The molecule has 0 aromatic heterocycles. The van der Waals surface area contributed by atoms with Crippen LogP contribution < -0.4 is 5.73 Å². The van der Waals surface area contributed by atoms with Crippen molar-refractivity contribution in [1.29, 1.82) is 0 Å². The maximum atomic E-state index is 5.40. The van der Waals surface area contributed by atoms with Gasteiger partial charge in [0.15, 0.2) is 0 Å². The van der Waals surface area contributed by atoms with E-state index in [4.69, 9.17) is 5.73 Å². The molecule has 2 nitrogen and oxygen atoms in total. The van der Waals surface area contributed by atoms with Crippen molar-refractivity contribution in [2.24, 2.45) is 10.7 Å². The van der Waals surface area contributed by atoms with Crippen LogP contribution in [0.25, 0.3) is 0 Å². The highest BCUT2D eigenvalue weighted by Crippen LogP contribution is 1.97. The van der Waals surface area contributed by atoms with Gasteiger partial charge < -0.3 is 5.73 Å². The molecule has 0 aliphatic carbocycles. The van der Waals surface area contributed by atoms with Crippen molar-refractivity contribution in [2.45, 2.75) is 19.2 Å². The summed E-state index contributed by atoms with van der Waals surface area (Å²) in [7, 11) is 0. The van der Waals surface area contributed by atoms with E-state index in [1.165, 1.54) is 0 Å². The maximum Gasteiger partial charge on any atom is 0.0556 e. The van der Waals surface area contributed by atoms with E-state index in [1.807, 2.05) is 13.8 Å². The molecule has 0 heterocycles. The van der Waals surface area contributed by atoms with Crippen molar-refractivity contribution in [3.63, 3.8) is 0 Å². The third-order valence-corrected chi connectivity index (χ3v) is 1.23. The SMILES string of the molecule is CC/N=C\SC(C)N. The molecular weight excluding hydrogens is 120 g/mol. The zero-order valence-corrected chi connectivity index (χ0v) is 6.11. The van der Waals surface area contributed by atoms with Crippen LogP contribution >= 0.6 is 11.8 Å². The van der Waals surface area contributed by atoms with Crippen molar-refractivity contribution in [1.82, 2.24) is 0 Å². The van der Waals surface area contributed by atoms with Crippen molar-refractivity contribution in [2.75, 3.05) is 6.54 Å². The van der Waals surface area contributed by atoms with Gasteiger partial charge in [-0.3, -0.25) is 4.99 Å². The average molecular weight is 132 g/mol. The predicted molar refractivity (Wildman–Crippen MR) is 40.3 cm³/mol. The lowest BCUT2D eigenvalue weighted by Gasteiger charge is -1.94. The zero-order valence-electron chi connectivity index (χ0n) is 5.29. The predicted octanol–water partition coefficient (Wildman–Crippen LogP) is 1.07. The molecule has 0 aliphatic rings. The number of thioether (sulfide) groups is 1. The molecule has 0 aromatic carbocycles. The second-order valence-electron chi connectivity index (χ2n) is 1.45. The minimum absolute atomic E-state index is 0.172. The number of aliphatic imine (C=N–C) groups is 1. The lowest BCUT2D eigenvalue weighted by Crippen LogP contribution is -2.08. The number of hydrogen-bond donors (Lipinski definition) is 1. The molecule has 0 amide bonds. The first-order valence-corrected chi connectivity index (χ1v) is 3.61. The van der Waals surface area contributed by atoms with Crippen LogP contribution in [-0.2, 0) is 0 Å². The van der Waals surface area contributed by atoms with Crippen LogP contribution in [0, 0.1) is 0 Å². The third kappa shape index (κ3) is 5.98. The van der Waals surface area contributed by atoms with E-state index in [-0.39, 0.29) is 5.37 Å². The Hall–Kier alpha value is -0.0200. The van der Waals surface area contributed by atoms with Gasteiger partial charge in [0.05, 0.1) is 10.9 Å². The van der Waals surface area contributed by atoms with Crippen molar-refractivity contribution in [3.8, 4) is 0 Å². The smallest absolute Gasteiger partial charge is 0.0556 e. The molecule has 8 heavy (non-hydrogen) atoms. The monoisotopic (exact) mass is 132 g/mol. The van der Waals surface area contributed by atoms with Crippen molar-refractivity contribution < 1.29 is 0 Å². The highest BCUT2D eigenvalue weighted by molar-refractivity contribution is 8.12. The largest absolute Gasteiger partial charge is 0.319 e. The summed E-state index contributed by atoms with van der Waals surface area (Å²) in [6, 6.07) is 0. The van der Waals surface area contributed by atoms with E-state index >= 15 is 0 Å². The lowest BCUT2D eigenvalue weighted by atomic mass is 10.8. The van der Waals surface area contributed by atoms with Gasteiger partial charge in [-0.1, -0.05) is 11.8 Å². The van der Waals surface area contributed by atoms with Crippen LogP contribution in [0.4, 0.5) is 0 Å². The average Bonchev–Trinajstić information content (AvgIpc) is 1.66. The fraction of sp³-hybridized carbons (Fsp3) is 0.800. The standard InChI is InChI=1S/C5H12N2S/c1-3-7-4-8-5(2)6/h4-5H,3,6H2,1-2H3/b7-4-. The van der Waals surface area contributed by atoms with E-state index in [0.29, 0.717) is 0 Å². The maximum absolute atomic E-state index is 5.40. The molecule has 1 unspecified atom stereocenters. The number of hydrogen-bond acceptors (Lipinski definition) is 3. The topological polar surface area (TPSA) is 38.4 Å². The molecule has 0 bridgehead atoms. The highest BCUT2D eigenvalue weighted by Gasteiger charge is 1.85. The molecule has 0 aliphatic heterocycles. The van der Waals surface area contributed by atoms with Crippen molar-refractivity contribution in [3.05, 3.63) is 0 Å². The normalized spacial score (nSPS) is 14.9. The number of nitrogens with zero attached hydrogens (tertiary/aromatic N) is 1. The van der Waals surface area contributed by atoms with E-state index in [9.17, 15) is 0 Å². The van der Waals surface area contributed by atoms with E-state index in [0.717, 1.165) is 6.54 Å². The van der Waals surface area contributed by atoms with Gasteiger partial charge in [0.25, 0.3) is 0 Å². The Balaban J connectivity index is 3.03. The summed E-state index contributed by atoms with van der Waals surface area (Å²) in [5.74, 6) is 0. The van der Waals surface area contributed by atoms with E-state index in [1.54, 1.807) is 17.3 Å². The Morgan fingerprint density at radius 2 is 2.50 bits per heavy atom. The summed E-state index contributed by atoms with van der Waals surface area (Å²) < 4.78 is 0. The first-order valence-electron chi connectivity index (χ1n) is 2.66. The summed E-state index contributed by atoms with van der Waals surface area (Å²) in [5, 5.41) is 0.172. The summed E-state index contributed by atoms with van der Waals surface area (Å²) >= 11 is 1.54. The van der Waals surface area contributed by atoms with Crippen LogP contribution in [0.2, 0.25) is 0 Å². The van der Waals surface area contributed by atoms with Gasteiger partial charge >= 0.3 is 0 Å². The quantitative estimate of drug-likeness (QED) is 0.354. The Kier molecular flexibility index (Phi) is 5.11. The molecular formula is C5H12N2S. The molecule has 0 fully saturated rings. The van der Waals surface area contributed by atoms with Gasteiger partial charge in [-0.25, -0.2) is 0 Å². The Morgan fingerprint density at radius 1 is 1.88 bits per heavy atom. The molecule has 1 atom stereocenters. The Morgan fingerprint density at radius 3 is 2.88 bits per heavy atom. The molecule has 48 valence electrons. The molecule has 0 saturated heterocycles. The molecule has 0 rings (SSSR count). The van der Waals surface area contributed by atoms with Crippen molar-refractivity contribution >= 4 is 17.3 Å². The summed E-state index contributed by atoms with van der Waals surface area (Å²) in [6.45, 7) is 4.78. The second-order valence-corrected chi connectivity index (χ2v) is 2.67. The lowest BCUT2D eigenvalue weighted by molar-refractivity contribution is 1.05. The van der Waals surface area contributed by atoms with Gasteiger partial charge in [-0.05, 0) is 13.8 Å². The fourth-order valence-corrected chi connectivity index (χ4v) is 0.641. The molecule has 0 aromatic rings. The third-order valence-electron chi connectivity index (χ3n) is 0.533. The van der Waals surface area contributed by atoms with Gasteiger partial charge in [-0.2, -0.15) is 0 Å². The summed E-state index contributed by atoms with van der Waals surface area (Å²) in [4.78, 5) is 3.97. The van der Waals surface area contributed by atoms with E-state index < -0.39 is 0 Å². The molecule has 3 heteroatoms. The van der Waals surface area contributed by atoms with E-state index in [2.05, 4.69) is 4.99 Å². The number of nitrogens with two attached hydrogens (primary N) is 1. The van der Waals surface area contributed by atoms with Gasteiger partial charge in [0.2, 0.25) is 0 Å². The first-order chi connectivity index (χ1) is 3.77. The van der Waals surface area contributed by atoms with Crippen LogP contribution in [0.5, 0.6) is 0 Å². The second kappa shape index (κ2) is 5.12.